The molecule has 204 valence electrons. The van der Waals surface area contributed by atoms with Gasteiger partial charge < -0.3 is 25.0 Å². The van der Waals surface area contributed by atoms with Gasteiger partial charge in [0.15, 0.2) is 0 Å². The van der Waals surface area contributed by atoms with Gasteiger partial charge in [0.2, 0.25) is 0 Å². The molecule has 3 N–H and O–H groups in total. The number of carbonyl (C=O) groups excluding carboxylic acids is 3. The second-order valence-electron chi connectivity index (χ2n) is 10.3. The molecule has 3 amide bonds. The Kier molecular flexibility index (Phi) is 8.70. The molecule has 0 aliphatic carbocycles. The van der Waals surface area contributed by atoms with Crippen LogP contribution >= 0.6 is 0 Å². The minimum Gasteiger partial charge on any atom is -0.445 e. The third-order valence-electron chi connectivity index (χ3n) is 6.03. The van der Waals surface area contributed by atoms with Crippen LogP contribution in [0.25, 0.3) is 0 Å². The number of alkyl carbamates (subject to hydrolysis) is 1. The Morgan fingerprint density at radius 3 is 2.15 bits per heavy atom. The van der Waals surface area contributed by atoms with E-state index in [9.17, 15) is 14.4 Å². The van der Waals surface area contributed by atoms with Gasteiger partial charge in [-0.25, -0.2) is 9.59 Å². The summed E-state index contributed by atoms with van der Waals surface area (Å²) in [6, 6.07) is 23.7. The molecular weight excluding hydrogens is 496 g/mol. The van der Waals surface area contributed by atoms with Crippen LogP contribution in [0.1, 0.15) is 43.1 Å². The van der Waals surface area contributed by atoms with Crippen molar-refractivity contribution in [1.29, 1.82) is 0 Å². The van der Waals surface area contributed by atoms with Crippen LogP contribution in [0.3, 0.4) is 0 Å². The fourth-order valence-electron chi connectivity index (χ4n) is 4.18. The van der Waals surface area contributed by atoms with E-state index in [-0.39, 0.29) is 18.6 Å². The number of anilines is 3. The lowest BCUT2D eigenvalue weighted by Crippen LogP contribution is -2.37. The Bertz CT molecular complexity index is 1290. The first-order chi connectivity index (χ1) is 18.7. The third kappa shape index (κ3) is 8.23. The van der Waals surface area contributed by atoms with E-state index >= 15 is 0 Å². The van der Waals surface area contributed by atoms with Crippen LogP contribution in [0.2, 0.25) is 0 Å². The van der Waals surface area contributed by atoms with E-state index in [2.05, 4.69) is 20.9 Å². The lowest BCUT2D eigenvalue weighted by atomic mass is 10.1. The minimum absolute atomic E-state index is 0.0229. The molecule has 0 spiro atoms. The first-order valence-electron chi connectivity index (χ1n) is 12.9. The molecule has 9 nitrogen and oxygen atoms in total. The molecule has 3 aromatic rings. The number of benzene rings is 3. The highest BCUT2D eigenvalue weighted by molar-refractivity contribution is 6.07. The predicted molar refractivity (Wildman–Crippen MR) is 151 cm³/mol. The van der Waals surface area contributed by atoms with Gasteiger partial charge in [-0.05, 0) is 69.2 Å². The molecule has 39 heavy (non-hydrogen) atoms. The van der Waals surface area contributed by atoms with Gasteiger partial charge in [0, 0.05) is 24.3 Å². The summed E-state index contributed by atoms with van der Waals surface area (Å²) in [6.45, 7) is 7.00. The summed E-state index contributed by atoms with van der Waals surface area (Å²) in [6.07, 6.45) is -0.236. The number of nitrogens with one attached hydrogen (secondary N) is 3. The monoisotopic (exact) mass is 530 g/mol. The Morgan fingerprint density at radius 2 is 1.49 bits per heavy atom. The molecule has 1 atom stereocenters. The molecule has 1 fully saturated rings. The van der Waals surface area contributed by atoms with Crippen molar-refractivity contribution in [3.63, 3.8) is 0 Å². The Hall–Kier alpha value is -4.53. The molecule has 0 aromatic heterocycles. The van der Waals surface area contributed by atoms with Crippen LogP contribution in [0, 0.1) is 0 Å². The molecule has 3 aromatic carbocycles. The zero-order chi connectivity index (χ0) is 27.8. The summed E-state index contributed by atoms with van der Waals surface area (Å²) in [5.41, 5.74) is 2.64. The normalized spacial score (nSPS) is 14.8. The Morgan fingerprint density at radius 1 is 0.846 bits per heavy atom. The second kappa shape index (κ2) is 12.3. The topological polar surface area (TPSA) is 109 Å². The van der Waals surface area contributed by atoms with Crippen LogP contribution < -0.4 is 20.9 Å². The van der Waals surface area contributed by atoms with Crippen molar-refractivity contribution in [1.82, 2.24) is 5.32 Å². The predicted octanol–water partition coefficient (Wildman–Crippen LogP) is 5.79. The van der Waals surface area contributed by atoms with Gasteiger partial charge in [-0.3, -0.25) is 10.1 Å². The van der Waals surface area contributed by atoms with E-state index in [1.165, 1.54) is 0 Å². The number of amides is 3. The number of hydrogen-bond acceptors (Lipinski definition) is 6. The maximum absolute atomic E-state index is 12.9. The van der Waals surface area contributed by atoms with Gasteiger partial charge in [0.25, 0.3) is 5.91 Å². The molecular formula is C30H34N4O5. The maximum Gasteiger partial charge on any atom is 0.412 e. The van der Waals surface area contributed by atoms with Crippen molar-refractivity contribution in [2.75, 3.05) is 28.6 Å². The molecule has 9 heteroatoms. The van der Waals surface area contributed by atoms with Crippen molar-refractivity contribution in [3.8, 4) is 0 Å². The number of ether oxygens (including phenoxy) is 2. The van der Waals surface area contributed by atoms with E-state index in [0.717, 1.165) is 24.2 Å². The summed E-state index contributed by atoms with van der Waals surface area (Å²) in [5.74, 6) is -0.304. The maximum atomic E-state index is 12.9. The average Bonchev–Trinajstić information content (AvgIpc) is 3.36. The number of hydrogen-bond donors (Lipinski definition) is 3. The quantitative estimate of drug-likeness (QED) is 0.357. The Labute approximate surface area is 228 Å². The summed E-state index contributed by atoms with van der Waals surface area (Å²) in [4.78, 5) is 39.5. The first-order valence-corrected chi connectivity index (χ1v) is 12.9. The van der Waals surface area contributed by atoms with Crippen molar-refractivity contribution >= 4 is 35.2 Å². The van der Waals surface area contributed by atoms with Crippen LogP contribution in [0.5, 0.6) is 0 Å². The lowest BCUT2D eigenvalue weighted by molar-refractivity contribution is 0.0635. The number of nitrogens with zero attached hydrogens (tertiary/aromatic N) is 1. The zero-order valence-electron chi connectivity index (χ0n) is 22.4. The second-order valence-corrected chi connectivity index (χ2v) is 10.3. The van der Waals surface area contributed by atoms with Gasteiger partial charge >= 0.3 is 12.2 Å². The highest BCUT2D eigenvalue weighted by Crippen LogP contribution is 2.24. The van der Waals surface area contributed by atoms with E-state index in [4.69, 9.17) is 9.47 Å². The van der Waals surface area contributed by atoms with Crippen molar-refractivity contribution in [3.05, 3.63) is 90.0 Å². The van der Waals surface area contributed by atoms with E-state index in [1.807, 2.05) is 42.5 Å². The average molecular weight is 531 g/mol. The highest BCUT2D eigenvalue weighted by atomic mass is 16.6. The van der Waals surface area contributed by atoms with E-state index < -0.39 is 17.8 Å². The molecule has 1 heterocycles. The summed E-state index contributed by atoms with van der Waals surface area (Å²) in [7, 11) is 0. The van der Waals surface area contributed by atoms with Gasteiger partial charge in [-0.1, -0.05) is 42.5 Å². The third-order valence-corrected chi connectivity index (χ3v) is 6.03. The number of para-hydroxylation sites is 2. The van der Waals surface area contributed by atoms with Crippen LogP contribution in [-0.4, -0.2) is 42.8 Å². The molecule has 4 rings (SSSR count). The van der Waals surface area contributed by atoms with Crippen LogP contribution in [-0.2, 0) is 16.1 Å². The molecule has 0 unspecified atom stereocenters. The first kappa shape index (κ1) is 27.5. The Balaban J connectivity index is 1.28. The zero-order valence-corrected chi connectivity index (χ0v) is 22.4. The minimum atomic E-state index is -0.638. The molecule has 1 aliphatic heterocycles. The fraction of sp³-hybridized carbons (Fsp3) is 0.300. The van der Waals surface area contributed by atoms with Gasteiger partial charge in [0.05, 0.1) is 17.4 Å². The van der Waals surface area contributed by atoms with Crippen LogP contribution in [0.15, 0.2) is 78.9 Å². The SMILES string of the molecule is CC(C)(C)OC(=O)Nc1ccccc1NC(=O)c1ccc(N2CC[C@H](NC(=O)OCc3ccccc3)C2)cc1. The van der Waals surface area contributed by atoms with Crippen molar-refractivity contribution < 1.29 is 23.9 Å². The molecule has 0 saturated carbocycles. The fourth-order valence-corrected chi connectivity index (χ4v) is 4.18. The number of carbonyl (C=O) groups is 3. The lowest BCUT2D eigenvalue weighted by Gasteiger charge is -2.20. The molecule has 1 aliphatic rings. The number of rotatable bonds is 7. The molecule has 0 radical (unpaired) electrons. The van der Waals surface area contributed by atoms with Crippen molar-refractivity contribution in [2.45, 2.75) is 45.4 Å². The standard InChI is InChI=1S/C30H34N4O5/c1-30(2,3)39-29(37)33-26-12-8-7-11-25(26)32-27(35)22-13-15-24(16-14-22)34-18-17-23(19-34)31-28(36)38-20-21-9-5-4-6-10-21/h4-16,23H,17-20H2,1-3H3,(H,31,36)(H,32,35)(H,33,37)/t23-/m0/s1. The van der Waals surface area contributed by atoms with Crippen LogP contribution in [0.4, 0.5) is 26.7 Å². The van der Waals surface area contributed by atoms with E-state index in [1.54, 1.807) is 57.2 Å². The van der Waals surface area contributed by atoms with Gasteiger partial charge in [-0.2, -0.15) is 0 Å². The smallest absolute Gasteiger partial charge is 0.412 e. The summed E-state index contributed by atoms with van der Waals surface area (Å²) < 4.78 is 10.6. The largest absolute Gasteiger partial charge is 0.445 e. The summed E-state index contributed by atoms with van der Waals surface area (Å²) in [5, 5.41) is 8.47. The van der Waals surface area contributed by atoms with Crippen molar-refractivity contribution in [2.24, 2.45) is 0 Å². The van der Waals surface area contributed by atoms with E-state index in [0.29, 0.717) is 23.5 Å². The highest BCUT2D eigenvalue weighted by Gasteiger charge is 2.25. The molecule has 1 saturated heterocycles. The molecule has 0 bridgehead atoms. The van der Waals surface area contributed by atoms with Gasteiger partial charge in [-0.15, -0.1) is 0 Å². The summed E-state index contributed by atoms with van der Waals surface area (Å²) >= 11 is 0. The van der Waals surface area contributed by atoms with Gasteiger partial charge in [0.1, 0.15) is 12.2 Å².